The van der Waals surface area contributed by atoms with Gasteiger partial charge in [-0.05, 0) is 0 Å². The van der Waals surface area contributed by atoms with Crippen LogP contribution in [-0.4, -0.2) is 0 Å². The van der Waals surface area contributed by atoms with Crippen LogP contribution in [0.2, 0.25) is 0 Å². The molecule has 0 N–H and O–H groups in total. The molecule has 0 spiro atoms. The van der Waals surface area contributed by atoms with Gasteiger partial charge >= 0.3 is 0 Å². The monoisotopic (exact) mass is 859 g/mol. The first-order chi connectivity index (χ1) is 13.0. The summed E-state index contributed by atoms with van der Waals surface area (Å²) in [5, 5.41) is 0. The van der Waals surface area contributed by atoms with Crippen molar-refractivity contribution in [3.63, 3.8) is 0 Å². The van der Waals surface area contributed by atoms with Gasteiger partial charge in [-0.1, -0.05) is 165 Å². The van der Waals surface area contributed by atoms with Crippen LogP contribution in [0.25, 0.3) is 0 Å². The molecule has 0 atom stereocenters. The van der Waals surface area contributed by atoms with Crippen molar-refractivity contribution in [2.24, 2.45) is 0 Å². The zero-order valence-corrected chi connectivity index (χ0v) is 39.5. The zero-order chi connectivity index (χ0) is 20.7. The van der Waals surface area contributed by atoms with Gasteiger partial charge in [-0.3, -0.25) is 0 Å². The molecule has 0 fully saturated rings. The van der Waals surface area contributed by atoms with E-state index >= 15 is 0 Å². The number of benzene rings is 3. The molecule has 0 unspecified atom stereocenters. The maximum atomic E-state index is 2.00. The molecule has 3 rings (SSSR count). The second-order valence-electron chi connectivity index (χ2n) is 3.46. The Morgan fingerprint density at radius 3 is 0.229 bits per heavy atom. The Morgan fingerprint density at radius 2 is 0.200 bits per heavy atom. The molecular weight excluding hydrogens is 805 g/mol. The third kappa shape index (κ3) is 103. The topological polar surface area (TPSA) is 0 Å². The van der Waals surface area contributed by atoms with Crippen LogP contribution < -0.4 is 0 Å². The van der Waals surface area contributed by atoms with E-state index in [1.165, 1.54) is 0 Å². The summed E-state index contributed by atoms with van der Waals surface area (Å²) < 4.78 is 0. The second kappa shape index (κ2) is 108. The van der Waals surface area contributed by atoms with Crippen LogP contribution in [0.3, 0.4) is 0 Å². The average molecular weight is 859 g/mol. The van der Waals surface area contributed by atoms with Crippen molar-refractivity contribution >= 4 is 0 Å². The molecule has 3 aromatic rings. The fraction of sp³-hybridized carbons (Fsp3) is 0.267. The van der Waals surface area contributed by atoms with Crippen LogP contribution in [0.5, 0.6) is 0 Å². The summed E-state index contributed by atoms with van der Waals surface area (Å²) >= 11 is 0. The summed E-state index contributed by atoms with van der Waals surface area (Å²) in [6, 6.07) is 36.0. The minimum Gasteiger partial charge on any atom is -0.358 e. The van der Waals surface area contributed by atoms with Gasteiger partial charge in [0.15, 0.2) is 0 Å². The van der Waals surface area contributed by atoms with Crippen molar-refractivity contribution in [1.29, 1.82) is 0 Å². The third-order valence-electron chi connectivity index (χ3n) is 2.00. The van der Waals surface area contributed by atoms with Crippen LogP contribution in [0, 0.1) is 29.7 Å². The summed E-state index contributed by atoms with van der Waals surface area (Å²) in [5.74, 6) is 0. The molecule has 0 aliphatic rings. The summed E-state index contributed by atoms with van der Waals surface area (Å²) in [5.41, 5.74) is 0. The molecule has 0 nitrogen and oxygen atoms in total. The van der Waals surface area contributed by atoms with Crippen LogP contribution in [-0.2, 0) is 164 Å². The van der Waals surface area contributed by atoms with Crippen LogP contribution in [0.1, 0.15) is 55.4 Å². The van der Waals surface area contributed by atoms with Crippen molar-refractivity contribution in [3.05, 3.63) is 139 Å². The van der Waals surface area contributed by atoms with Crippen molar-refractivity contribution < 1.29 is 164 Å². The Morgan fingerprint density at radius 1 is 0.171 bits per heavy atom. The van der Waals surface area contributed by atoms with Gasteiger partial charge in [0, 0.05) is 164 Å². The van der Waals surface area contributed by atoms with Crippen molar-refractivity contribution in [2.45, 2.75) is 55.4 Å². The SMILES string of the molecule is CC.CC.CC.CC.[CH3-].[CH3-].[CH3-].[CH3-].[Y].[Y].[Y].[Y].[Y].c1ccccc1.c1ccccc1.c1ccccc1. The normalized spacial score (nSPS) is 4.80. The quantitative estimate of drug-likeness (QED) is 0.198. The van der Waals surface area contributed by atoms with E-state index in [1.54, 1.807) is 0 Å². The Hall–Kier alpha value is 3.18. The van der Waals surface area contributed by atoms with E-state index < -0.39 is 0 Å². The minimum atomic E-state index is 0. The molecule has 0 aliphatic heterocycles. The largest absolute Gasteiger partial charge is 0.358 e. The summed E-state index contributed by atoms with van der Waals surface area (Å²) in [7, 11) is 0. The van der Waals surface area contributed by atoms with Gasteiger partial charge in [0.1, 0.15) is 0 Å². The van der Waals surface area contributed by atoms with E-state index in [-0.39, 0.29) is 193 Å². The maximum absolute atomic E-state index is 2.00. The fourth-order valence-electron chi connectivity index (χ4n) is 1.15. The van der Waals surface area contributed by atoms with Crippen molar-refractivity contribution in [1.82, 2.24) is 0 Å². The molecule has 0 saturated carbocycles. The van der Waals surface area contributed by atoms with Gasteiger partial charge in [-0.2, -0.15) is 0 Å². The predicted molar refractivity (Wildman–Crippen MR) is 150 cm³/mol. The molecule has 3 aromatic carbocycles. The van der Waals surface area contributed by atoms with Gasteiger partial charge in [0.05, 0.1) is 0 Å². The van der Waals surface area contributed by atoms with Crippen LogP contribution in [0.15, 0.2) is 109 Å². The molecule has 0 amide bonds. The summed E-state index contributed by atoms with van der Waals surface area (Å²) in [4.78, 5) is 0. The average Bonchev–Trinajstić information content (AvgIpc) is 2.83. The first-order valence-electron chi connectivity index (χ1n) is 10.0. The van der Waals surface area contributed by atoms with Gasteiger partial charge in [0.2, 0.25) is 0 Å². The number of hydrogen-bond donors (Lipinski definition) is 0. The van der Waals surface area contributed by atoms with E-state index in [4.69, 9.17) is 0 Å². The standard InChI is InChI=1S/3C6H6.4C2H6.4CH3.5Y/c3*1-2-4-6-5-3-1;4*1-2;;;;;;;;;/h3*1-6H;4*1-2H3;4*1H3;;;;;/q;;;;;;;4*-1;;;;;. The second-order valence-corrected chi connectivity index (χ2v) is 3.46. The molecule has 0 saturated heterocycles. The van der Waals surface area contributed by atoms with E-state index in [9.17, 15) is 0 Å². The molecule has 0 aliphatic carbocycles. The molecule has 5 radical (unpaired) electrons. The first kappa shape index (κ1) is 83.2. The Kier molecular flexibility index (Phi) is 258. The van der Waals surface area contributed by atoms with Crippen molar-refractivity contribution in [3.8, 4) is 0 Å². The Bertz CT molecular complexity index is 311. The first-order valence-corrected chi connectivity index (χ1v) is 10.0. The molecule has 0 bridgehead atoms. The fourth-order valence-corrected chi connectivity index (χ4v) is 1.15. The smallest absolute Gasteiger partial charge is 0 e. The van der Waals surface area contributed by atoms with E-state index in [1.807, 2.05) is 165 Å². The summed E-state index contributed by atoms with van der Waals surface area (Å²) in [6.07, 6.45) is 0. The Balaban J connectivity index is -0.0000000148. The molecular formula is C30H54Y5-4. The zero-order valence-electron chi connectivity index (χ0n) is 25.3. The van der Waals surface area contributed by atoms with Gasteiger partial charge < -0.3 is 29.7 Å². The van der Waals surface area contributed by atoms with Gasteiger partial charge in [-0.25, -0.2) is 0 Å². The molecule has 0 aromatic heterocycles. The van der Waals surface area contributed by atoms with E-state index in [2.05, 4.69) is 0 Å². The summed E-state index contributed by atoms with van der Waals surface area (Å²) in [6.45, 7) is 16.0. The van der Waals surface area contributed by atoms with Crippen LogP contribution >= 0.6 is 0 Å². The van der Waals surface area contributed by atoms with Gasteiger partial charge in [-0.15, -0.1) is 0 Å². The van der Waals surface area contributed by atoms with Crippen molar-refractivity contribution in [2.75, 3.05) is 0 Å². The molecule has 35 heavy (non-hydrogen) atoms. The van der Waals surface area contributed by atoms with E-state index in [0.29, 0.717) is 0 Å². The van der Waals surface area contributed by atoms with Crippen LogP contribution in [0.4, 0.5) is 0 Å². The predicted octanol–water partition coefficient (Wildman–Crippen LogP) is 11.0. The minimum absolute atomic E-state index is 0. The molecule has 193 valence electrons. The molecule has 5 heteroatoms. The Labute approximate surface area is 351 Å². The number of hydrogen-bond acceptors (Lipinski definition) is 0. The maximum Gasteiger partial charge on any atom is 0 e. The van der Waals surface area contributed by atoms with Gasteiger partial charge in [0.25, 0.3) is 0 Å². The molecule has 0 heterocycles. The van der Waals surface area contributed by atoms with E-state index in [0.717, 1.165) is 0 Å². The third-order valence-corrected chi connectivity index (χ3v) is 2.00. The number of rotatable bonds is 0.